The Morgan fingerprint density at radius 3 is 1.54 bits per heavy atom. The Balaban J connectivity index is 3.27. The number of hydrogen-bond acceptors (Lipinski definition) is 1. The van der Waals surface area contributed by atoms with Gasteiger partial charge in [-0.05, 0) is 44.9 Å². The Kier molecular flexibility index (Phi) is 20.6. The first-order valence-corrected chi connectivity index (χ1v) is 10.9. The van der Waals surface area contributed by atoms with Crippen LogP contribution < -0.4 is 0 Å². The topological polar surface area (TPSA) is 37.3 Å². The van der Waals surface area contributed by atoms with Gasteiger partial charge in [-0.3, -0.25) is 4.79 Å². The van der Waals surface area contributed by atoms with E-state index in [0.29, 0.717) is 6.42 Å². The normalized spacial score (nSPS) is 12.0. The number of carboxylic acids is 1. The lowest BCUT2D eigenvalue weighted by molar-refractivity contribution is -0.137. The molecule has 0 spiro atoms. The molecule has 0 heterocycles. The summed E-state index contributed by atoms with van der Waals surface area (Å²) in [6.45, 7) is 2.27. The molecule has 0 saturated carbocycles. The van der Waals surface area contributed by atoms with E-state index in [4.69, 9.17) is 5.11 Å². The van der Waals surface area contributed by atoms with Gasteiger partial charge in [0, 0.05) is 6.42 Å². The molecule has 2 heteroatoms. The first kappa shape index (κ1) is 24.7. The monoisotopic (exact) mass is 362 g/mol. The van der Waals surface area contributed by atoms with Gasteiger partial charge in [0.2, 0.25) is 0 Å². The van der Waals surface area contributed by atoms with E-state index in [0.717, 1.165) is 38.5 Å². The minimum Gasteiger partial charge on any atom is -0.481 e. The molecule has 0 aliphatic heterocycles. The molecule has 26 heavy (non-hydrogen) atoms. The number of aliphatic carboxylic acids is 1. The van der Waals surface area contributed by atoms with Gasteiger partial charge in [-0.2, -0.15) is 0 Å². The SMILES string of the molecule is CCCCCCCCCC=CCC=CCC=CCCCCCCC(=O)O. The fourth-order valence-electron chi connectivity index (χ4n) is 2.89. The van der Waals surface area contributed by atoms with Crippen molar-refractivity contribution in [1.29, 1.82) is 0 Å². The Morgan fingerprint density at radius 1 is 0.615 bits per heavy atom. The second kappa shape index (κ2) is 21.7. The molecule has 0 aromatic carbocycles. The van der Waals surface area contributed by atoms with Crippen molar-refractivity contribution < 1.29 is 9.90 Å². The number of unbranched alkanes of at least 4 members (excludes halogenated alkanes) is 11. The smallest absolute Gasteiger partial charge is 0.303 e. The predicted molar refractivity (Wildman–Crippen MR) is 115 cm³/mol. The Morgan fingerprint density at radius 2 is 1.04 bits per heavy atom. The summed E-state index contributed by atoms with van der Waals surface area (Å²) in [6, 6.07) is 0. The Hall–Kier alpha value is -1.31. The van der Waals surface area contributed by atoms with Gasteiger partial charge < -0.3 is 5.11 Å². The van der Waals surface area contributed by atoms with E-state index in [1.54, 1.807) is 0 Å². The average molecular weight is 363 g/mol. The highest BCUT2D eigenvalue weighted by atomic mass is 16.4. The number of carboxylic acid groups (broad SMARTS) is 1. The number of rotatable bonds is 19. The van der Waals surface area contributed by atoms with Crippen LogP contribution in [0, 0.1) is 0 Å². The van der Waals surface area contributed by atoms with Gasteiger partial charge >= 0.3 is 5.97 Å². The molecule has 0 aromatic heterocycles. The maximum absolute atomic E-state index is 10.4. The molecule has 0 radical (unpaired) electrons. The van der Waals surface area contributed by atoms with E-state index in [9.17, 15) is 4.79 Å². The second-order valence-corrected chi connectivity index (χ2v) is 7.14. The Labute approximate surface area is 162 Å². The molecule has 0 unspecified atom stereocenters. The van der Waals surface area contributed by atoms with E-state index in [2.05, 4.69) is 43.4 Å². The van der Waals surface area contributed by atoms with E-state index in [1.807, 2.05) is 0 Å². The summed E-state index contributed by atoms with van der Waals surface area (Å²) in [5.41, 5.74) is 0. The summed E-state index contributed by atoms with van der Waals surface area (Å²) < 4.78 is 0. The highest BCUT2D eigenvalue weighted by molar-refractivity contribution is 5.66. The highest BCUT2D eigenvalue weighted by Gasteiger charge is 1.95. The van der Waals surface area contributed by atoms with Crippen LogP contribution in [0.1, 0.15) is 110 Å². The zero-order chi connectivity index (χ0) is 19.1. The van der Waals surface area contributed by atoms with Gasteiger partial charge in [0.05, 0.1) is 0 Å². The first-order valence-electron chi connectivity index (χ1n) is 10.9. The van der Waals surface area contributed by atoms with Crippen molar-refractivity contribution in [2.75, 3.05) is 0 Å². The lowest BCUT2D eigenvalue weighted by atomic mass is 10.1. The summed E-state index contributed by atoms with van der Waals surface area (Å²) in [7, 11) is 0. The molecular formula is C24H42O2. The minimum atomic E-state index is -0.677. The fourth-order valence-corrected chi connectivity index (χ4v) is 2.89. The number of carbonyl (C=O) groups is 1. The number of allylic oxidation sites excluding steroid dienone is 6. The maximum atomic E-state index is 10.4. The highest BCUT2D eigenvalue weighted by Crippen LogP contribution is 2.09. The molecule has 0 bridgehead atoms. The van der Waals surface area contributed by atoms with Crippen molar-refractivity contribution >= 4 is 5.97 Å². The quantitative estimate of drug-likeness (QED) is 0.187. The van der Waals surface area contributed by atoms with Crippen molar-refractivity contribution in [3.63, 3.8) is 0 Å². The van der Waals surface area contributed by atoms with Gasteiger partial charge in [-0.15, -0.1) is 0 Å². The van der Waals surface area contributed by atoms with E-state index >= 15 is 0 Å². The van der Waals surface area contributed by atoms with Crippen molar-refractivity contribution in [2.24, 2.45) is 0 Å². The maximum Gasteiger partial charge on any atom is 0.303 e. The van der Waals surface area contributed by atoms with Crippen molar-refractivity contribution in [3.8, 4) is 0 Å². The van der Waals surface area contributed by atoms with Gasteiger partial charge in [0.1, 0.15) is 0 Å². The van der Waals surface area contributed by atoms with Crippen LogP contribution in [-0.4, -0.2) is 11.1 Å². The second-order valence-electron chi connectivity index (χ2n) is 7.14. The van der Waals surface area contributed by atoms with Crippen LogP contribution in [0.3, 0.4) is 0 Å². The molecule has 1 N–H and O–H groups in total. The lowest BCUT2D eigenvalue weighted by Crippen LogP contribution is -1.93. The van der Waals surface area contributed by atoms with Crippen LogP contribution >= 0.6 is 0 Å². The third kappa shape index (κ3) is 22.7. The summed E-state index contributed by atoms with van der Waals surface area (Å²) in [4.78, 5) is 10.4. The van der Waals surface area contributed by atoms with E-state index < -0.39 is 5.97 Å². The third-order valence-electron chi connectivity index (χ3n) is 4.53. The average Bonchev–Trinajstić information content (AvgIpc) is 2.62. The molecule has 2 nitrogen and oxygen atoms in total. The molecule has 0 rings (SSSR count). The van der Waals surface area contributed by atoms with E-state index in [1.165, 1.54) is 57.8 Å². The summed E-state index contributed by atoms with van der Waals surface area (Å²) in [5, 5.41) is 8.55. The molecule has 0 atom stereocenters. The van der Waals surface area contributed by atoms with Gasteiger partial charge in [-0.1, -0.05) is 94.7 Å². The standard InChI is InChI=1S/C24H42O2/c1-2-3-4-5-6-7-8-9-10-11-12-13-14-15-16-17-18-19-20-21-22-23-24(25)26/h10-11,13-14,16-17H,2-9,12,15,18-23H2,1H3,(H,25,26). The molecule has 150 valence electrons. The van der Waals surface area contributed by atoms with Gasteiger partial charge in [0.25, 0.3) is 0 Å². The Bertz CT molecular complexity index is 380. The molecular weight excluding hydrogens is 320 g/mol. The minimum absolute atomic E-state index is 0.314. The van der Waals surface area contributed by atoms with Crippen molar-refractivity contribution in [3.05, 3.63) is 36.5 Å². The van der Waals surface area contributed by atoms with Gasteiger partial charge in [0.15, 0.2) is 0 Å². The molecule has 0 saturated heterocycles. The predicted octanol–water partition coefficient (Wildman–Crippen LogP) is 8.00. The van der Waals surface area contributed by atoms with Crippen LogP contribution in [0.2, 0.25) is 0 Å². The van der Waals surface area contributed by atoms with Crippen LogP contribution in [-0.2, 0) is 4.79 Å². The largest absolute Gasteiger partial charge is 0.481 e. The third-order valence-corrected chi connectivity index (χ3v) is 4.53. The molecule has 0 aliphatic rings. The summed E-state index contributed by atoms with van der Waals surface area (Å²) >= 11 is 0. The molecule has 0 aliphatic carbocycles. The molecule has 0 fully saturated rings. The van der Waals surface area contributed by atoms with Crippen LogP contribution in [0.25, 0.3) is 0 Å². The fraction of sp³-hybridized carbons (Fsp3) is 0.708. The first-order chi connectivity index (χ1) is 12.8. The van der Waals surface area contributed by atoms with Crippen molar-refractivity contribution in [2.45, 2.75) is 110 Å². The van der Waals surface area contributed by atoms with Crippen LogP contribution in [0.15, 0.2) is 36.5 Å². The molecule has 0 amide bonds. The zero-order valence-corrected chi connectivity index (χ0v) is 17.1. The number of hydrogen-bond donors (Lipinski definition) is 1. The van der Waals surface area contributed by atoms with Gasteiger partial charge in [-0.25, -0.2) is 0 Å². The van der Waals surface area contributed by atoms with E-state index in [-0.39, 0.29) is 0 Å². The lowest BCUT2D eigenvalue weighted by Gasteiger charge is -1.98. The molecule has 0 aromatic rings. The summed E-state index contributed by atoms with van der Waals surface area (Å²) in [5.74, 6) is -0.677. The summed E-state index contributed by atoms with van der Waals surface area (Å²) in [6.07, 6.45) is 32.1. The zero-order valence-electron chi connectivity index (χ0n) is 17.1. The van der Waals surface area contributed by atoms with Crippen LogP contribution in [0.4, 0.5) is 0 Å². The van der Waals surface area contributed by atoms with Crippen molar-refractivity contribution in [1.82, 2.24) is 0 Å². The van der Waals surface area contributed by atoms with Crippen LogP contribution in [0.5, 0.6) is 0 Å².